The minimum atomic E-state index is 0. The summed E-state index contributed by atoms with van der Waals surface area (Å²) in [7, 11) is 0. The number of hydrogen-bond donors (Lipinski definition) is 2. The first-order valence-corrected chi connectivity index (χ1v) is 9.08. The van der Waals surface area contributed by atoms with Crippen molar-refractivity contribution in [1.82, 2.24) is 10.6 Å². The molecule has 1 fully saturated rings. The lowest BCUT2D eigenvalue weighted by Crippen LogP contribution is -2.42. The van der Waals surface area contributed by atoms with E-state index in [0.29, 0.717) is 12.5 Å². The Morgan fingerprint density at radius 3 is 2.73 bits per heavy atom. The normalized spacial score (nSPS) is 20.3. The maximum Gasteiger partial charge on any atom is 0.191 e. The van der Waals surface area contributed by atoms with E-state index in [2.05, 4.69) is 46.8 Å². The van der Waals surface area contributed by atoms with Crippen LogP contribution in [0, 0.1) is 5.92 Å². The first-order valence-electron chi connectivity index (χ1n) is 9.08. The van der Waals surface area contributed by atoms with Gasteiger partial charge in [0.2, 0.25) is 0 Å². The largest absolute Gasteiger partial charge is 0.467 e. The molecule has 1 aliphatic rings. The molecule has 5 nitrogen and oxygen atoms in total. The Balaban J connectivity index is 0.00000243. The summed E-state index contributed by atoms with van der Waals surface area (Å²) in [6.07, 6.45) is 4.09. The van der Waals surface area contributed by atoms with Gasteiger partial charge in [-0.2, -0.15) is 0 Å². The van der Waals surface area contributed by atoms with Crippen LogP contribution in [0.15, 0.2) is 58.1 Å². The van der Waals surface area contributed by atoms with Gasteiger partial charge in [0.05, 0.1) is 12.4 Å². The predicted octanol–water partition coefficient (Wildman–Crippen LogP) is 4.12. The van der Waals surface area contributed by atoms with Crippen molar-refractivity contribution < 1.29 is 9.15 Å². The topological polar surface area (TPSA) is 58.8 Å². The van der Waals surface area contributed by atoms with Crippen molar-refractivity contribution in [3.8, 4) is 0 Å². The van der Waals surface area contributed by atoms with Crippen LogP contribution in [0.5, 0.6) is 0 Å². The summed E-state index contributed by atoms with van der Waals surface area (Å²) in [5, 5.41) is 6.77. The fourth-order valence-corrected chi connectivity index (χ4v) is 3.19. The highest BCUT2D eigenvalue weighted by atomic mass is 127. The Hall–Kier alpha value is -1.54. The van der Waals surface area contributed by atoms with Crippen LogP contribution in [-0.4, -0.2) is 25.7 Å². The summed E-state index contributed by atoms with van der Waals surface area (Å²) in [6.45, 7) is 5.10. The third-order valence-corrected chi connectivity index (χ3v) is 4.42. The van der Waals surface area contributed by atoms with Crippen molar-refractivity contribution in [3.63, 3.8) is 0 Å². The molecule has 6 heteroatoms. The molecule has 1 saturated heterocycles. The Morgan fingerprint density at radius 1 is 1.15 bits per heavy atom. The number of ether oxygens (including phenoxy) is 1. The molecule has 0 amide bonds. The molecule has 142 valence electrons. The summed E-state index contributed by atoms with van der Waals surface area (Å²) >= 11 is 0. The molecular formula is C20H28IN3O2. The summed E-state index contributed by atoms with van der Waals surface area (Å²) in [4.78, 5) is 4.60. The van der Waals surface area contributed by atoms with Crippen molar-refractivity contribution in [2.45, 2.75) is 32.4 Å². The molecule has 2 unspecified atom stereocenters. The molecule has 3 rings (SSSR count). The minimum Gasteiger partial charge on any atom is -0.467 e. The summed E-state index contributed by atoms with van der Waals surface area (Å²) in [6, 6.07) is 14.3. The van der Waals surface area contributed by atoms with Gasteiger partial charge in [-0.15, -0.1) is 24.0 Å². The molecule has 2 heterocycles. The highest BCUT2D eigenvalue weighted by Crippen LogP contribution is 2.32. The molecular weight excluding hydrogens is 441 g/mol. The number of aliphatic imine (C=N–C) groups is 1. The third-order valence-electron chi connectivity index (χ3n) is 4.42. The van der Waals surface area contributed by atoms with E-state index in [1.54, 1.807) is 6.26 Å². The van der Waals surface area contributed by atoms with Gasteiger partial charge in [-0.25, -0.2) is 4.99 Å². The number of nitrogens with zero attached hydrogens (tertiary/aromatic N) is 1. The average Bonchev–Trinajstić information content (AvgIpc) is 3.18. The van der Waals surface area contributed by atoms with E-state index in [0.717, 1.165) is 44.3 Å². The smallest absolute Gasteiger partial charge is 0.191 e. The van der Waals surface area contributed by atoms with Crippen LogP contribution in [0.2, 0.25) is 0 Å². The molecule has 1 aromatic heterocycles. The molecule has 26 heavy (non-hydrogen) atoms. The highest BCUT2D eigenvalue weighted by molar-refractivity contribution is 14.0. The SMILES string of the molecule is CCNC(=NCc1ccco1)NCC1CCCOC1c1ccccc1.I. The number of rotatable bonds is 6. The van der Waals surface area contributed by atoms with E-state index in [-0.39, 0.29) is 30.1 Å². The van der Waals surface area contributed by atoms with Gasteiger partial charge in [0.15, 0.2) is 5.96 Å². The number of furan rings is 1. The molecule has 1 aliphatic heterocycles. The second-order valence-corrected chi connectivity index (χ2v) is 6.26. The van der Waals surface area contributed by atoms with Gasteiger partial charge in [0.25, 0.3) is 0 Å². The summed E-state index contributed by atoms with van der Waals surface area (Å²) in [5.74, 6) is 2.11. The van der Waals surface area contributed by atoms with Gasteiger partial charge >= 0.3 is 0 Å². The zero-order valence-electron chi connectivity index (χ0n) is 15.2. The van der Waals surface area contributed by atoms with E-state index in [9.17, 15) is 0 Å². The van der Waals surface area contributed by atoms with Gasteiger partial charge in [0.1, 0.15) is 12.3 Å². The lowest BCUT2D eigenvalue weighted by molar-refractivity contribution is -0.0265. The van der Waals surface area contributed by atoms with Crippen LogP contribution in [-0.2, 0) is 11.3 Å². The van der Waals surface area contributed by atoms with Gasteiger partial charge < -0.3 is 19.8 Å². The zero-order valence-corrected chi connectivity index (χ0v) is 17.5. The molecule has 0 saturated carbocycles. The molecule has 1 aromatic carbocycles. The number of benzene rings is 1. The molecule has 0 spiro atoms. The lowest BCUT2D eigenvalue weighted by atomic mass is 9.89. The number of hydrogen-bond acceptors (Lipinski definition) is 3. The van der Waals surface area contributed by atoms with Crippen LogP contribution in [0.1, 0.15) is 37.2 Å². The van der Waals surface area contributed by atoms with Crippen LogP contribution < -0.4 is 10.6 Å². The second-order valence-electron chi connectivity index (χ2n) is 6.26. The van der Waals surface area contributed by atoms with Crippen molar-refractivity contribution >= 4 is 29.9 Å². The van der Waals surface area contributed by atoms with Crippen LogP contribution >= 0.6 is 24.0 Å². The van der Waals surface area contributed by atoms with Crippen LogP contribution in [0.3, 0.4) is 0 Å². The first-order chi connectivity index (χ1) is 12.4. The molecule has 2 aromatic rings. The number of halogens is 1. The zero-order chi connectivity index (χ0) is 17.3. The molecule has 0 aliphatic carbocycles. The Morgan fingerprint density at radius 2 is 2.00 bits per heavy atom. The van der Waals surface area contributed by atoms with Crippen molar-refractivity contribution in [2.75, 3.05) is 19.7 Å². The van der Waals surface area contributed by atoms with E-state index in [1.165, 1.54) is 5.56 Å². The average molecular weight is 469 g/mol. The maximum atomic E-state index is 6.07. The van der Waals surface area contributed by atoms with Crippen molar-refractivity contribution in [3.05, 3.63) is 60.1 Å². The van der Waals surface area contributed by atoms with E-state index in [1.807, 2.05) is 18.2 Å². The maximum absolute atomic E-state index is 6.07. The monoisotopic (exact) mass is 469 g/mol. The number of nitrogens with one attached hydrogen (secondary N) is 2. The van der Waals surface area contributed by atoms with E-state index >= 15 is 0 Å². The summed E-state index contributed by atoms with van der Waals surface area (Å²) in [5.41, 5.74) is 1.26. The highest BCUT2D eigenvalue weighted by Gasteiger charge is 2.27. The van der Waals surface area contributed by atoms with Crippen molar-refractivity contribution in [2.24, 2.45) is 10.9 Å². The van der Waals surface area contributed by atoms with Crippen LogP contribution in [0.4, 0.5) is 0 Å². The van der Waals surface area contributed by atoms with E-state index in [4.69, 9.17) is 9.15 Å². The Bertz CT molecular complexity index is 646. The molecule has 0 bridgehead atoms. The summed E-state index contributed by atoms with van der Waals surface area (Å²) < 4.78 is 11.4. The lowest BCUT2D eigenvalue weighted by Gasteiger charge is -2.32. The molecule has 0 radical (unpaired) electrons. The van der Waals surface area contributed by atoms with E-state index < -0.39 is 0 Å². The van der Waals surface area contributed by atoms with Gasteiger partial charge in [-0.1, -0.05) is 30.3 Å². The third kappa shape index (κ3) is 6.02. The van der Waals surface area contributed by atoms with Gasteiger partial charge in [-0.05, 0) is 37.5 Å². The Kier molecular flexibility index (Phi) is 8.97. The fraction of sp³-hybridized carbons (Fsp3) is 0.450. The first kappa shape index (κ1) is 20.8. The number of guanidine groups is 1. The second kappa shape index (κ2) is 11.2. The predicted molar refractivity (Wildman–Crippen MR) is 115 cm³/mol. The van der Waals surface area contributed by atoms with Crippen molar-refractivity contribution in [1.29, 1.82) is 0 Å². The Labute approximate surface area is 172 Å². The standard InChI is InChI=1S/C20H27N3O2.HI/c1-2-21-20(23-15-18-11-7-12-24-18)22-14-17-10-6-13-25-19(17)16-8-4-3-5-9-16;/h3-5,7-9,11-12,17,19H,2,6,10,13-15H2,1H3,(H2,21,22,23);1H. The van der Waals surface area contributed by atoms with Crippen LogP contribution in [0.25, 0.3) is 0 Å². The fourth-order valence-electron chi connectivity index (χ4n) is 3.19. The van der Waals surface area contributed by atoms with Gasteiger partial charge in [0, 0.05) is 25.6 Å². The quantitative estimate of drug-likeness (QED) is 0.380. The minimum absolute atomic E-state index is 0. The molecule has 2 atom stereocenters. The molecule has 2 N–H and O–H groups in total. The van der Waals surface area contributed by atoms with Gasteiger partial charge in [-0.3, -0.25) is 0 Å².